The first kappa shape index (κ1) is 23.9. The lowest BCUT2D eigenvalue weighted by Gasteiger charge is -2.16. The Morgan fingerprint density at radius 1 is 0.886 bits per heavy atom. The minimum Gasteiger partial charge on any atom is -0.474 e. The molecule has 1 aromatic heterocycles. The summed E-state index contributed by atoms with van der Waals surface area (Å²) >= 11 is 0. The topological polar surface area (TPSA) is 68.5 Å². The monoisotopic (exact) mass is 493 g/mol. The summed E-state index contributed by atoms with van der Waals surface area (Å²) in [7, 11) is 0. The zero-order valence-electron chi connectivity index (χ0n) is 17.6. The molecule has 0 saturated heterocycles. The normalized spacial score (nSPS) is 12.0. The van der Waals surface area contributed by atoms with Crippen LogP contribution in [0.1, 0.15) is 6.92 Å². The molecule has 4 aromatic rings. The summed E-state index contributed by atoms with van der Waals surface area (Å²) in [5.74, 6) is -14.5. The molecule has 1 amide bonds. The van der Waals surface area contributed by atoms with Gasteiger partial charge in [0.2, 0.25) is 29.1 Å². The van der Waals surface area contributed by atoms with Gasteiger partial charge in [-0.05, 0) is 37.3 Å². The molecular weight excluding hydrogens is 480 g/mol. The van der Waals surface area contributed by atoms with Crippen molar-refractivity contribution in [3.8, 4) is 17.1 Å². The number of carbonyl (C=O) groups excluding carboxylic acids is 1. The summed E-state index contributed by atoms with van der Waals surface area (Å²) < 4.78 is 91.8. The van der Waals surface area contributed by atoms with Crippen molar-refractivity contribution >= 4 is 22.6 Å². The van der Waals surface area contributed by atoms with E-state index in [-0.39, 0.29) is 28.0 Å². The Labute approximate surface area is 192 Å². The van der Waals surface area contributed by atoms with E-state index in [4.69, 9.17) is 4.42 Å². The van der Waals surface area contributed by atoms with Crippen LogP contribution in [0.15, 0.2) is 57.7 Å². The number of benzene rings is 3. The molecule has 0 aliphatic heterocycles. The highest BCUT2D eigenvalue weighted by Crippen LogP contribution is 2.30. The molecule has 180 valence electrons. The van der Waals surface area contributed by atoms with Crippen LogP contribution in [0.3, 0.4) is 0 Å². The number of fused-ring (bicyclic) bond motifs is 1. The SMILES string of the molecule is CC(Oc1c(F)c(F)c(F)c(F)c1F)C(=O)Nc1ccc2oc(-c3ccccc3F)cc(=O)c2c1. The molecule has 0 spiro atoms. The highest BCUT2D eigenvalue weighted by atomic mass is 19.2. The van der Waals surface area contributed by atoms with E-state index in [1.165, 1.54) is 36.4 Å². The van der Waals surface area contributed by atoms with Crippen LogP contribution in [0.25, 0.3) is 22.3 Å². The van der Waals surface area contributed by atoms with Crippen LogP contribution in [0.2, 0.25) is 0 Å². The maximum atomic E-state index is 14.0. The van der Waals surface area contributed by atoms with Gasteiger partial charge in [0.25, 0.3) is 5.91 Å². The lowest BCUT2D eigenvalue weighted by Crippen LogP contribution is -2.31. The number of anilines is 1. The van der Waals surface area contributed by atoms with Crippen LogP contribution in [0.5, 0.6) is 5.75 Å². The third kappa shape index (κ3) is 4.44. The molecule has 0 aliphatic rings. The molecule has 5 nitrogen and oxygen atoms in total. The van der Waals surface area contributed by atoms with Crippen molar-refractivity contribution in [1.29, 1.82) is 0 Å². The molecule has 4 rings (SSSR count). The number of hydrogen-bond acceptors (Lipinski definition) is 4. The summed E-state index contributed by atoms with van der Waals surface area (Å²) in [6.07, 6.45) is -1.70. The van der Waals surface area contributed by atoms with Gasteiger partial charge in [-0.2, -0.15) is 8.78 Å². The van der Waals surface area contributed by atoms with Gasteiger partial charge in [-0.15, -0.1) is 0 Å². The number of nitrogens with one attached hydrogen (secondary N) is 1. The summed E-state index contributed by atoms with van der Waals surface area (Å²) in [5, 5.41) is 2.33. The van der Waals surface area contributed by atoms with Crippen molar-refractivity contribution in [2.45, 2.75) is 13.0 Å². The minimum absolute atomic E-state index is 0.0118. The molecule has 0 aliphatic carbocycles. The summed E-state index contributed by atoms with van der Waals surface area (Å²) in [5.41, 5.74) is -0.352. The van der Waals surface area contributed by atoms with E-state index < -0.39 is 58.1 Å². The number of rotatable bonds is 5. The van der Waals surface area contributed by atoms with Crippen LogP contribution >= 0.6 is 0 Å². The first-order valence-electron chi connectivity index (χ1n) is 9.90. The molecule has 0 radical (unpaired) electrons. The van der Waals surface area contributed by atoms with Crippen molar-refractivity contribution in [3.63, 3.8) is 0 Å². The van der Waals surface area contributed by atoms with Crippen LogP contribution < -0.4 is 15.5 Å². The number of carbonyl (C=O) groups is 1. The predicted molar refractivity (Wildman–Crippen MR) is 113 cm³/mol. The van der Waals surface area contributed by atoms with Crippen LogP contribution in [-0.4, -0.2) is 12.0 Å². The summed E-state index contributed by atoms with van der Waals surface area (Å²) in [4.78, 5) is 24.9. The number of halogens is 6. The molecule has 1 heterocycles. The molecule has 1 N–H and O–H groups in total. The largest absolute Gasteiger partial charge is 0.474 e. The van der Waals surface area contributed by atoms with Crippen molar-refractivity contribution in [3.05, 3.63) is 93.7 Å². The molecule has 0 fully saturated rings. The Hall–Kier alpha value is -4.28. The Kier molecular flexibility index (Phi) is 6.25. The summed E-state index contributed by atoms with van der Waals surface area (Å²) in [6, 6.07) is 10.6. The third-order valence-electron chi connectivity index (χ3n) is 4.97. The summed E-state index contributed by atoms with van der Waals surface area (Å²) in [6.45, 7) is 1.02. The second kappa shape index (κ2) is 9.16. The minimum atomic E-state index is -2.36. The highest BCUT2D eigenvalue weighted by molar-refractivity contribution is 5.96. The van der Waals surface area contributed by atoms with Gasteiger partial charge in [0, 0.05) is 11.8 Å². The molecule has 0 saturated carbocycles. The van der Waals surface area contributed by atoms with E-state index in [0.717, 1.165) is 13.0 Å². The smallest absolute Gasteiger partial charge is 0.265 e. The molecule has 11 heteroatoms. The average Bonchev–Trinajstić information content (AvgIpc) is 2.84. The van der Waals surface area contributed by atoms with Gasteiger partial charge in [-0.1, -0.05) is 12.1 Å². The van der Waals surface area contributed by atoms with Gasteiger partial charge in [-0.3, -0.25) is 9.59 Å². The van der Waals surface area contributed by atoms with Gasteiger partial charge in [-0.25, -0.2) is 17.6 Å². The lowest BCUT2D eigenvalue weighted by atomic mass is 10.1. The second-order valence-electron chi connectivity index (χ2n) is 7.31. The van der Waals surface area contributed by atoms with E-state index in [1.54, 1.807) is 6.07 Å². The maximum absolute atomic E-state index is 14.0. The quantitative estimate of drug-likeness (QED) is 0.220. The highest BCUT2D eigenvalue weighted by Gasteiger charge is 2.29. The zero-order valence-corrected chi connectivity index (χ0v) is 17.6. The van der Waals surface area contributed by atoms with E-state index in [1.807, 2.05) is 0 Å². The van der Waals surface area contributed by atoms with Crippen molar-refractivity contribution in [2.24, 2.45) is 0 Å². The van der Waals surface area contributed by atoms with E-state index >= 15 is 0 Å². The Bertz CT molecular complexity index is 1510. The van der Waals surface area contributed by atoms with Crippen molar-refractivity contribution in [1.82, 2.24) is 0 Å². The van der Waals surface area contributed by atoms with Gasteiger partial charge in [0.15, 0.2) is 17.3 Å². The molecular formula is C24H13F6NO4. The zero-order chi connectivity index (χ0) is 25.4. The fraction of sp³-hybridized carbons (Fsp3) is 0.0833. The number of hydrogen-bond donors (Lipinski definition) is 1. The second-order valence-corrected chi connectivity index (χ2v) is 7.31. The first-order valence-corrected chi connectivity index (χ1v) is 9.90. The van der Waals surface area contributed by atoms with Gasteiger partial charge in [0.1, 0.15) is 17.2 Å². The Morgan fingerprint density at radius 2 is 1.51 bits per heavy atom. The molecule has 0 bridgehead atoms. The van der Waals surface area contributed by atoms with Crippen molar-refractivity contribution in [2.75, 3.05) is 5.32 Å². The molecule has 1 unspecified atom stereocenters. The Morgan fingerprint density at radius 3 is 2.17 bits per heavy atom. The van der Waals surface area contributed by atoms with Gasteiger partial charge >= 0.3 is 0 Å². The van der Waals surface area contributed by atoms with Gasteiger partial charge < -0.3 is 14.5 Å². The fourth-order valence-electron chi connectivity index (χ4n) is 3.19. The standard InChI is InChI=1S/C24H13F6NO4/c1-10(34-23-21(29)19(27)18(26)20(28)22(23)30)24(33)31-11-6-7-16-13(8-11)15(32)9-17(35-16)12-4-2-3-5-14(12)25/h2-10H,1H3,(H,31,33). The maximum Gasteiger partial charge on any atom is 0.265 e. The predicted octanol–water partition coefficient (Wildman–Crippen LogP) is 5.70. The number of ether oxygens (including phenoxy) is 1. The number of amides is 1. The first-order chi connectivity index (χ1) is 16.6. The van der Waals surface area contributed by atoms with Crippen LogP contribution in [0.4, 0.5) is 32.0 Å². The van der Waals surface area contributed by atoms with Gasteiger partial charge in [0.05, 0.1) is 10.9 Å². The fourth-order valence-corrected chi connectivity index (χ4v) is 3.19. The van der Waals surface area contributed by atoms with Crippen LogP contribution in [-0.2, 0) is 4.79 Å². The molecule has 1 atom stereocenters. The molecule has 35 heavy (non-hydrogen) atoms. The lowest BCUT2D eigenvalue weighted by molar-refractivity contribution is -0.122. The van der Waals surface area contributed by atoms with E-state index in [2.05, 4.69) is 10.1 Å². The van der Waals surface area contributed by atoms with Crippen LogP contribution in [0, 0.1) is 34.9 Å². The van der Waals surface area contributed by atoms with Crippen molar-refractivity contribution < 1.29 is 40.3 Å². The average molecular weight is 493 g/mol. The third-order valence-corrected chi connectivity index (χ3v) is 4.97. The Balaban J connectivity index is 1.58. The van der Waals surface area contributed by atoms with E-state index in [9.17, 15) is 35.9 Å². The molecule has 3 aromatic carbocycles. The van der Waals surface area contributed by atoms with E-state index in [0.29, 0.717) is 0 Å².